The minimum atomic E-state index is -4.10. The Morgan fingerprint density at radius 3 is 2.11 bits per heavy atom. The second-order valence-corrected chi connectivity index (χ2v) is 6.46. The molecule has 2 rings (SSSR count). The Hall–Kier alpha value is 0.0600. The van der Waals surface area contributed by atoms with Crippen LogP contribution in [0.1, 0.15) is 39.0 Å². The summed E-state index contributed by atoms with van der Waals surface area (Å²) in [4.78, 5) is 1.69. The number of nitrogens with zero attached hydrogens (tertiary/aromatic N) is 2. The lowest BCUT2D eigenvalue weighted by molar-refractivity contribution is -0.163. The van der Waals surface area contributed by atoms with Crippen LogP contribution >= 0.6 is 12.8 Å². The third kappa shape index (κ3) is 4.26. The van der Waals surface area contributed by atoms with Gasteiger partial charge in [-0.1, -0.05) is 26.2 Å². The third-order valence-electron chi connectivity index (χ3n) is 4.54. The fourth-order valence-corrected chi connectivity index (χ4v) is 3.67. The Morgan fingerprint density at radius 2 is 1.68 bits per heavy atom. The summed E-state index contributed by atoms with van der Waals surface area (Å²) in [6.45, 7) is 2.70. The molecule has 0 aromatic rings. The molecule has 0 atom stereocenters. The highest BCUT2D eigenvalue weighted by Crippen LogP contribution is 2.34. The van der Waals surface area contributed by atoms with Crippen molar-refractivity contribution in [2.24, 2.45) is 5.92 Å². The topological polar surface area (TPSA) is 6.48 Å². The quantitative estimate of drug-likeness (QED) is 0.795. The monoisotopic (exact) mass is 296 g/mol. The minimum absolute atomic E-state index is 0.0299. The number of hydrogen-bond donors (Lipinski definition) is 1. The fraction of sp³-hybridized carbons (Fsp3) is 1.00. The number of halogens is 3. The van der Waals surface area contributed by atoms with E-state index in [1.54, 1.807) is 9.21 Å². The molecule has 0 aromatic carbocycles. The van der Waals surface area contributed by atoms with Crippen LogP contribution in [0.4, 0.5) is 13.2 Å². The summed E-state index contributed by atoms with van der Waals surface area (Å²) >= 11 is 4.17. The molecule has 2 aliphatic rings. The summed E-state index contributed by atoms with van der Waals surface area (Å²) in [6, 6.07) is 0.138. The zero-order chi connectivity index (χ0) is 14.0. The molecule has 6 heteroatoms. The zero-order valence-electron chi connectivity index (χ0n) is 11.4. The van der Waals surface area contributed by atoms with Gasteiger partial charge in [-0.25, -0.2) is 0 Å². The molecule has 0 unspecified atom stereocenters. The molecule has 0 N–H and O–H groups in total. The third-order valence-corrected chi connectivity index (χ3v) is 4.86. The van der Waals surface area contributed by atoms with Gasteiger partial charge in [-0.05, 0) is 31.6 Å². The van der Waals surface area contributed by atoms with Crippen molar-refractivity contribution < 1.29 is 13.2 Å². The van der Waals surface area contributed by atoms with E-state index in [0.29, 0.717) is 19.0 Å². The first kappa shape index (κ1) is 15.4. The average molecular weight is 296 g/mol. The fourth-order valence-electron chi connectivity index (χ4n) is 3.29. The summed E-state index contributed by atoms with van der Waals surface area (Å²) < 4.78 is 40.0. The van der Waals surface area contributed by atoms with Crippen LogP contribution in [-0.4, -0.2) is 47.1 Å². The summed E-state index contributed by atoms with van der Waals surface area (Å²) in [5.74, 6) is 0.715. The van der Waals surface area contributed by atoms with Gasteiger partial charge in [0.05, 0.1) is 6.54 Å². The molecule has 19 heavy (non-hydrogen) atoms. The number of rotatable bonds is 4. The van der Waals surface area contributed by atoms with E-state index in [2.05, 4.69) is 19.7 Å². The normalized spacial score (nSPS) is 30.6. The Morgan fingerprint density at radius 1 is 1.11 bits per heavy atom. The summed E-state index contributed by atoms with van der Waals surface area (Å²) in [5.41, 5.74) is 0. The van der Waals surface area contributed by atoms with Crippen molar-refractivity contribution in [1.82, 2.24) is 9.21 Å². The van der Waals surface area contributed by atoms with Gasteiger partial charge in [0.1, 0.15) is 0 Å². The van der Waals surface area contributed by atoms with Crippen molar-refractivity contribution in [3.8, 4) is 0 Å². The van der Waals surface area contributed by atoms with Gasteiger partial charge in [-0.2, -0.15) is 13.2 Å². The van der Waals surface area contributed by atoms with Gasteiger partial charge in [0.15, 0.2) is 0 Å². The summed E-state index contributed by atoms with van der Waals surface area (Å²) in [5, 5.41) is 0. The molecule has 0 amide bonds. The first-order valence-electron chi connectivity index (χ1n) is 7.15. The molecule has 1 saturated heterocycles. The number of thiol groups is 1. The largest absolute Gasteiger partial charge is 0.401 e. The zero-order valence-corrected chi connectivity index (χ0v) is 12.3. The standard InChI is InChI=1S/C13H23F3N2S/c1-2-10-3-5-11(6-4-10)18(9-13(14,15)16)12-7-17(19)8-12/h10-12,19H,2-9H2,1H3. The highest BCUT2D eigenvalue weighted by atomic mass is 32.1. The highest BCUT2D eigenvalue weighted by Gasteiger charge is 2.41. The molecule has 1 heterocycles. The lowest BCUT2D eigenvalue weighted by Crippen LogP contribution is -2.61. The van der Waals surface area contributed by atoms with E-state index in [1.165, 1.54) is 0 Å². The Labute approximate surface area is 118 Å². The van der Waals surface area contributed by atoms with Crippen LogP contribution in [0.3, 0.4) is 0 Å². The Kier molecular flexibility index (Phi) is 5.06. The van der Waals surface area contributed by atoms with Gasteiger partial charge in [-0.15, -0.1) is 0 Å². The van der Waals surface area contributed by atoms with Crippen molar-refractivity contribution >= 4 is 12.8 Å². The van der Waals surface area contributed by atoms with E-state index >= 15 is 0 Å². The molecule has 0 bridgehead atoms. The van der Waals surface area contributed by atoms with Crippen molar-refractivity contribution in [2.45, 2.75) is 57.3 Å². The second-order valence-electron chi connectivity index (χ2n) is 5.90. The molecule has 0 aromatic heterocycles. The molecule has 1 aliphatic heterocycles. The van der Waals surface area contributed by atoms with Gasteiger partial charge in [0.2, 0.25) is 0 Å². The molecule has 1 saturated carbocycles. The van der Waals surface area contributed by atoms with E-state index in [1.807, 2.05) is 0 Å². The highest BCUT2D eigenvalue weighted by molar-refractivity contribution is 7.77. The lowest BCUT2D eigenvalue weighted by atomic mass is 9.83. The van der Waals surface area contributed by atoms with Crippen molar-refractivity contribution in [3.63, 3.8) is 0 Å². The van der Waals surface area contributed by atoms with Gasteiger partial charge in [-0.3, -0.25) is 9.21 Å². The molecular weight excluding hydrogens is 273 g/mol. The van der Waals surface area contributed by atoms with E-state index in [0.717, 1.165) is 32.1 Å². The molecule has 1 aliphatic carbocycles. The van der Waals surface area contributed by atoms with Crippen LogP contribution in [0.15, 0.2) is 0 Å². The molecule has 2 nitrogen and oxygen atoms in total. The van der Waals surface area contributed by atoms with Crippen molar-refractivity contribution in [2.75, 3.05) is 19.6 Å². The first-order chi connectivity index (χ1) is 8.89. The number of alkyl halides is 3. The maximum Gasteiger partial charge on any atom is 0.401 e. The van der Waals surface area contributed by atoms with Crippen LogP contribution < -0.4 is 0 Å². The predicted octanol–water partition coefficient (Wildman–Crippen LogP) is 3.35. The molecular formula is C13H23F3N2S. The van der Waals surface area contributed by atoms with E-state index in [4.69, 9.17) is 0 Å². The maximum absolute atomic E-state index is 12.7. The van der Waals surface area contributed by atoms with Crippen LogP contribution in [0.5, 0.6) is 0 Å². The smallest absolute Gasteiger partial charge is 0.286 e. The summed E-state index contributed by atoms with van der Waals surface area (Å²) in [7, 11) is 0. The summed E-state index contributed by atoms with van der Waals surface area (Å²) in [6.07, 6.45) is 1.04. The van der Waals surface area contributed by atoms with E-state index < -0.39 is 12.7 Å². The van der Waals surface area contributed by atoms with E-state index in [-0.39, 0.29) is 12.1 Å². The van der Waals surface area contributed by atoms with Crippen molar-refractivity contribution in [3.05, 3.63) is 0 Å². The van der Waals surface area contributed by atoms with E-state index in [9.17, 15) is 13.2 Å². The molecule has 112 valence electrons. The second kappa shape index (κ2) is 6.22. The Bertz CT molecular complexity index is 284. The van der Waals surface area contributed by atoms with Crippen molar-refractivity contribution in [1.29, 1.82) is 0 Å². The predicted molar refractivity (Wildman–Crippen MR) is 73.1 cm³/mol. The van der Waals surface area contributed by atoms with Gasteiger partial charge >= 0.3 is 6.18 Å². The minimum Gasteiger partial charge on any atom is -0.286 e. The first-order valence-corrected chi connectivity index (χ1v) is 7.55. The van der Waals surface area contributed by atoms with Gasteiger partial charge < -0.3 is 0 Å². The maximum atomic E-state index is 12.7. The SMILES string of the molecule is CCC1CCC(N(CC(F)(F)F)C2CN(S)C2)CC1. The Balaban J connectivity index is 1.93. The van der Waals surface area contributed by atoms with Crippen LogP contribution in [0, 0.1) is 5.92 Å². The van der Waals surface area contributed by atoms with Crippen LogP contribution in [-0.2, 0) is 0 Å². The lowest BCUT2D eigenvalue weighted by Gasteiger charge is -2.48. The molecule has 0 radical (unpaired) electrons. The van der Waals surface area contributed by atoms with Gasteiger partial charge in [0, 0.05) is 25.2 Å². The number of hydrogen-bond acceptors (Lipinski definition) is 3. The van der Waals surface area contributed by atoms with Gasteiger partial charge in [0.25, 0.3) is 0 Å². The van der Waals surface area contributed by atoms with Crippen LogP contribution in [0.25, 0.3) is 0 Å². The average Bonchev–Trinajstić information content (AvgIpc) is 2.31. The van der Waals surface area contributed by atoms with Crippen LogP contribution in [0.2, 0.25) is 0 Å². The molecule has 2 fully saturated rings. The molecule has 0 spiro atoms.